The van der Waals surface area contributed by atoms with Crippen LogP contribution in [0, 0.1) is 5.82 Å². The van der Waals surface area contributed by atoms with E-state index in [1.165, 1.54) is 12.1 Å². The number of benzene rings is 2. The molecule has 2 aromatic carbocycles. The summed E-state index contributed by atoms with van der Waals surface area (Å²) in [5.41, 5.74) is 1.75. The van der Waals surface area contributed by atoms with Gasteiger partial charge in [0.25, 0.3) is 0 Å². The molecule has 110 valence electrons. The first-order valence-electron chi connectivity index (χ1n) is 6.66. The molecule has 5 heteroatoms. The molecule has 0 radical (unpaired) electrons. The van der Waals surface area contributed by atoms with Crippen LogP contribution in [0.15, 0.2) is 36.4 Å². The average molecular weight is 326 g/mol. The van der Waals surface area contributed by atoms with Crippen LogP contribution in [-0.2, 0) is 0 Å². The molecule has 0 spiro atoms. The van der Waals surface area contributed by atoms with Crippen LogP contribution >= 0.6 is 23.2 Å². The zero-order valence-electron chi connectivity index (χ0n) is 11.4. The van der Waals surface area contributed by atoms with Crippen molar-refractivity contribution in [3.05, 3.63) is 63.4 Å². The van der Waals surface area contributed by atoms with Crippen LogP contribution in [0.4, 0.5) is 4.39 Å². The summed E-state index contributed by atoms with van der Waals surface area (Å²) < 4.78 is 19.5. The Morgan fingerprint density at radius 2 is 1.95 bits per heavy atom. The van der Waals surface area contributed by atoms with Gasteiger partial charge in [0.2, 0.25) is 0 Å². The summed E-state index contributed by atoms with van der Waals surface area (Å²) in [6.07, 6.45) is 0.438. The van der Waals surface area contributed by atoms with Gasteiger partial charge in [-0.25, -0.2) is 4.39 Å². The standard InChI is InChI=1S/C16H14Cl2FNO/c1-20-14-8-16(9-4-11(18)6-12(19)5-9)21-15-3-2-10(17)7-13(14)15/h2-7,14,16,20H,8H2,1H3. The lowest BCUT2D eigenvalue weighted by molar-refractivity contribution is 0.153. The first kappa shape index (κ1) is 14.6. The van der Waals surface area contributed by atoms with Crippen LogP contribution in [0.3, 0.4) is 0 Å². The number of nitrogens with one attached hydrogen (secondary N) is 1. The van der Waals surface area contributed by atoms with E-state index < -0.39 is 0 Å². The van der Waals surface area contributed by atoms with Crippen molar-refractivity contribution >= 4 is 23.2 Å². The molecular weight excluding hydrogens is 312 g/mol. The predicted molar refractivity (Wildman–Crippen MR) is 82.6 cm³/mol. The molecule has 2 aromatic rings. The molecule has 1 aliphatic rings. The highest BCUT2D eigenvalue weighted by Gasteiger charge is 2.29. The van der Waals surface area contributed by atoms with Gasteiger partial charge < -0.3 is 10.1 Å². The van der Waals surface area contributed by atoms with Crippen LogP contribution < -0.4 is 10.1 Å². The van der Waals surface area contributed by atoms with Crippen molar-refractivity contribution in [3.8, 4) is 5.75 Å². The van der Waals surface area contributed by atoms with Gasteiger partial charge in [0.15, 0.2) is 0 Å². The van der Waals surface area contributed by atoms with E-state index in [9.17, 15) is 4.39 Å². The number of ether oxygens (including phenoxy) is 1. The van der Waals surface area contributed by atoms with Crippen molar-refractivity contribution in [2.45, 2.75) is 18.6 Å². The van der Waals surface area contributed by atoms with E-state index in [0.717, 1.165) is 16.9 Å². The van der Waals surface area contributed by atoms with Crippen LogP contribution in [0.5, 0.6) is 5.75 Å². The van der Waals surface area contributed by atoms with E-state index in [1.54, 1.807) is 12.1 Å². The van der Waals surface area contributed by atoms with Gasteiger partial charge in [-0.1, -0.05) is 23.2 Å². The Morgan fingerprint density at radius 3 is 2.67 bits per heavy atom. The molecule has 0 aliphatic carbocycles. The average Bonchev–Trinajstić information content (AvgIpc) is 2.45. The second-order valence-corrected chi connectivity index (χ2v) is 5.94. The lowest BCUT2D eigenvalue weighted by Crippen LogP contribution is -2.26. The Labute approximate surface area is 132 Å². The molecule has 21 heavy (non-hydrogen) atoms. The normalized spacial score (nSPS) is 20.8. The molecule has 1 N–H and O–H groups in total. The lowest BCUT2D eigenvalue weighted by Gasteiger charge is -2.32. The number of halogens is 3. The second kappa shape index (κ2) is 5.84. The maximum Gasteiger partial charge on any atom is 0.126 e. The fourth-order valence-corrected chi connectivity index (χ4v) is 3.09. The Kier molecular flexibility index (Phi) is 4.07. The van der Waals surface area contributed by atoms with Crippen molar-refractivity contribution in [3.63, 3.8) is 0 Å². The van der Waals surface area contributed by atoms with Crippen molar-refractivity contribution < 1.29 is 9.13 Å². The van der Waals surface area contributed by atoms with Crippen LogP contribution in [0.1, 0.15) is 29.7 Å². The van der Waals surface area contributed by atoms with E-state index in [2.05, 4.69) is 5.32 Å². The third-order valence-corrected chi connectivity index (χ3v) is 4.12. The molecule has 1 heterocycles. The summed E-state index contributed by atoms with van der Waals surface area (Å²) in [7, 11) is 1.89. The predicted octanol–water partition coefficient (Wildman–Crippen LogP) is 4.92. The fourth-order valence-electron chi connectivity index (χ4n) is 2.68. The number of rotatable bonds is 2. The molecule has 0 aromatic heterocycles. The SMILES string of the molecule is CNC1CC(c2cc(F)cc(Cl)c2)Oc2ccc(Cl)cc21. The van der Waals surface area contributed by atoms with Crippen molar-refractivity contribution in [1.82, 2.24) is 5.32 Å². The Morgan fingerprint density at radius 1 is 1.14 bits per heavy atom. The van der Waals surface area contributed by atoms with Crippen molar-refractivity contribution in [1.29, 1.82) is 0 Å². The van der Waals surface area contributed by atoms with Gasteiger partial charge in [-0.3, -0.25) is 0 Å². The van der Waals surface area contributed by atoms with E-state index in [4.69, 9.17) is 27.9 Å². The van der Waals surface area contributed by atoms with E-state index >= 15 is 0 Å². The molecular formula is C16H14Cl2FNO. The third-order valence-electron chi connectivity index (χ3n) is 3.67. The zero-order chi connectivity index (χ0) is 15.0. The molecule has 0 fully saturated rings. The maximum atomic E-state index is 13.5. The van der Waals surface area contributed by atoms with Crippen molar-refractivity contribution in [2.75, 3.05) is 7.05 Å². The second-order valence-electron chi connectivity index (χ2n) is 5.07. The van der Waals surface area contributed by atoms with E-state index in [-0.39, 0.29) is 18.0 Å². The maximum absolute atomic E-state index is 13.5. The van der Waals surface area contributed by atoms with Crippen LogP contribution in [0.25, 0.3) is 0 Å². The minimum atomic E-state index is -0.357. The van der Waals surface area contributed by atoms with Gasteiger partial charge in [0.05, 0.1) is 0 Å². The first-order valence-corrected chi connectivity index (χ1v) is 7.42. The van der Waals surface area contributed by atoms with Gasteiger partial charge >= 0.3 is 0 Å². The van der Waals surface area contributed by atoms with Crippen LogP contribution in [0.2, 0.25) is 10.0 Å². The summed E-state index contributed by atoms with van der Waals surface area (Å²) >= 11 is 12.0. The highest BCUT2D eigenvalue weighted by molar-refractivity contribution is 6.31. The number of fused-ring (bicyclic) bond motifs is 1. The van der Waals surface area contributed by atoms with E-state index in [1.807, 2.05) is 19.2 Å². The molecule has 0 bridgehead atoms. The van der Waals surface area contributed by atoms with Gasteiger partial charge in [-0.2, -0.15) is 0 Å². The van der Waals surface area contributed by atoms with Gasteiger partial charge in [0.1, 0.15) is 17.7 Å². The van der Waals surface area contributed by atoms with E-state index in [0.29, 0.717) is 16.5 Å². The summed E-state index contributed by atoms with van der Waals surface area (Å²) in [5, 5.41) is 4.29. The number of hydrogen-bond donors (Lipinski definition) is 1. The highest BCUT2D eigenvalue weighted by Crippen LogP contribution is 2.42. The fraction of sp³-hybridized carbons (Fsp3) is 0.250. The number of hydrogen-bond acceptors (Lipinski definition) is 2. The lowest BCUT2D eigenvalue weighted by atomic mass is 9.93. The summed E-state index contributed by atoms with van der Waals surface area (Å²) in [6.45, 7) is 0. The Hall–Kier alpha value is -1.29. The summed E-state index contributed by atoms with van der Waals surface area (Å²) in [4.78, 5) is 0. The molecule has 0 saturated carbocycles. The minimum Gasteiger partial charge on any atom is -0.485 e. The zero-order valence-corrected chi connectivity index (χ0v) is 12.9. The summed E-state index contributed by atoms with van der Waals surface area (Å²) in [6, 6.07) is 10.1. The largest absolute Gasteiger partial charge is 0.485 e. The Balaban J connectivity index is 1.98. The minimum absolute atomic E-state index is 0.0968. The molecule has 2 unspecified atom stereocenters. The molecule has 2 nitrogen and oxygen atoms in total. The molecule has 0 saturated heterocycles. The monoisotopic (exact) mass is 325 g/mol. The third kappa shape index (κ3) is 3.00. The molecule has 3 rings (SSSR count). The molecule has 0 amide bonds. The van der Waals surface area contributed by atoms with Crippen molar-refractivity contribution in [2.24, 2.45) is 0 Å². The summed E-state index contributed by atoms with van der Waals surface area (Å²) in [5.74, 6) is 0.402. The highest BCUT2D eigenvalue weighted by atomic mass is 35.5. The first-order chi connectivity index (χ1) is 10.1. The van der Waals surface area contributed by atoms with Gasteiger partial charge in [0, 0.05) is 28.1 Å². The Bertz CT molecular complexity index is 657. The van der Waals surface area contributed by atoms with Crippen LogP contribution in [-0.4, -0.2) is 7.05 Å². The van der Waals surface area contributed by atoms with Gasteiger partial charge in [-0.05, 0) is 49.0 Å². The molecule has 1 aliphatic heterocycles. The topological polar surface area (TPSA) is 21.3 Å². The quantitative estimate of drug-likeness (QED) is 0.846. The smallest absolute Gasteiger partial charge is 0.126 e. The molecule has 2 atom stereocenters. The van der Waals surface area contributed by atoms with Gasteiger partial charge in [-0.15, -0.1) is 0 Å².